The van der Waals surface area contributed by atoms with Gasteiger partial charge in [-0.2, -0.15) is 0 Å². The Kier molecular flexibility index (Phi) is 3.12. The Morgan fingerprint density at radius 2 is 1.56 bits per heavy atom. The van der Waals surface area contributed by atoms with E-state index in [-0.39, 0.29) is 0 Å². The highest BCUT2D eigenvalue weighted by atomic mass is 15.3. The Labute approximate surface area is 111 Å². The van der Waals surface area contributed by atoms with Crippen molar-refractivity contribution in [3.05, 3.63) is 0 Å². The predicted molar refractivity (Wildman–Crippen MR) is 74.3 cm³/mol. The standard InChI is InChI=1S/C16H28N2/c1-3-7-14-13(6-1)11-17-16(14)18-10-9-12-5-2-4-8-15(12)18/h12-17H,1-11H2. The molecular weight excluding hydrogens is 220 g/mol. The van der Waals surface area contributed by atoms with Crippen LogP contribution >= 0.6 is 0 Å². The lowest BCUT2D eigenvalue weighted by Gasteiger charge is -2.39. The third-order valence-corrected chi connectivity index (χ3v) is 6.37. The molecule has 2 aliphatic heterocycles. The first-order valence-electron chi connectivity index (χ1n) is 8.42. The van der Waals surface area contributed by atoms with Crippen molar-refractivity contribution >= 4 is 0 Å². The Balaban J connectivity index is 1.49. The summed E-state index contributed by atoms with van der Waals surface area (Å²) in [5.74, 6) is 3.04. The monoisotopic (exact) mass is 248 g/mol. The van der Waals surface area contributed by atoms with Gasteiger partial charge in [0.1, 0.15) is 0 Å². The normalized spacial score (nSPS) is 49.0. The van der Waals surface area contributed by atoms with E-state index in [2.05, 4.69) is 10.2 Å². The van der Waals surface area contributed by atoms with E-state index in [0.29, 0.717) is 0 Å². The molecule has 0 radical (unpaired) electrons. The van der Waals surface area contributed by atoms with Crippen molar-refractivity contribution in [3.8, 4) is 0 Å². The highest BCUT2D eigenvalue weighted by Gasteiger charge is 2.46. The average Bonchev–Trinajstić information content (AvgIpc) is 3.01. The van der Waals surface area contributed by atoms with Crippen molar-refractivity contribution in [2.75, 3.05) is 13.1 Å². The molecule has 2 heterocycles. The molecule has 5 atom stereocenters. The molecule has 2 saturated heterocycles. The van der Waals surface area contributed by atoms with Gasteiger partial charge in [-0.05, 0) is 56.4 Å². The highest BCUT2D eigenvalue weighted by molar-refractivity contribution is 4.99. The lowest BCUT2D eigenvalue weighted by molar-refractivity contribution is 0.0770. The molecule has 1 N–H and O–H groups in total. The molecular formula is C16H28N2. The molecule has 4 aliphatic rings. The molecule has 0 aromatic rings. The van der Waals surface area contributed by atoms with Crippen LogP contribution in [0.2, 0.25) is 0 Å². The van der Waals surface area contributed by atoms with Gasteiger partial charge in [-0.15, -0.1) is 0 Å². The van der Waals surface area contributed by atoms with Gasteiger partial charge in [0, 0.05) is 12.6 Å². The fourth-order valence-electron chi connectivity index (χ4n) is 5.48. The molecule has 2 saturated carbocycles. The number of rotatable bonds is 1. The van der Waals surface area contributed by atoms with E-state index >= 15 is 0 Å². The lowest BCUT2D eigenvalue weighted by Crippen LogP contribution is -2.50. The molecule has 18 heavy (non-hydrogen) atoms. The molecule has 2 nitrogen and oxygen atoms in total. The van der Waals surface area contributed by atoms with Gasteiger partial charge in [-0.3, -0.25) is 4.90 Å². The summed E-state index contributed by atoms with van der Waals surface area (Å²) in [5, 5.41) is 3.90. The summed E-state index contributed by atoms with van der Waals surface area (Å²) in [6, 6.07) is 0.942. The van der Waals surface area contributed by atoms with E-state index in [1.54, 1.807) is 0 Å². The van der Waals surface area contributed by atoms with Crippen molar-refractivity contribution < 1.29 is 0 Å². The van der Waals surface area contributed by atoms with Crippen molar-refractivity contribution in [2.24, 2.45) is 17.8 Å². The van der Waals surface area contributed by atoms with Gasteiger partial charge in [0.25, 0.3) is 0 Å². The molecule has 0 aromatic carbocycles. The molecule has 4 rings (SSSR count). The Bertz CT molecular complexity index is 273. The minimum Gasteiger partial charge on any atom is -0.301 e. The largest absolute Gasteiger partial charge is 0.301 e. The zero-order chi connectivity index (χ0) is 11.9. The molecule has 102 valence electrons. The summed E-state index contributed by atoms with van der Waals surface area (Å²) >= 11 is 0. The van der Waals surface area contributed by atoms with Crippen LogP contribution < -0.4 is 5.32 Å². The minimum atomic E-state index is 0.753. The van der Waals surface area contributed by atoms with Gasteiger partial charge >= 0.3 is 0 Å². The fraction of sp³-hybridized carbons (Fsp3) is 1.00. The maximum Gasteiger partial charge on any atom is 0.0631 e. The fourth-order valence-corrected chi connectivity index (χ4v) is 5.48. The SMILES string of the molecule is C1CCC2C(C1)CNC2N1CCC2CCCCC21. The van der Waals surface area contributed by atoms with Gasteiger partial charge < -0.3 is 5.32 Å². The Morgan fingerprint density at radius 3 is 2.50 bits per heavy atom. The summed E-state index contributed by atoms with van der Waals surface area (Å²) < 4.78 is 0. The smallest absolute Gasteiger partial charge is 0.0631 e. The highest BCUT2D eigenvalue weighted by Crippen LogP contribution is 2.43. The number of likely N-dealkylation sites (tertiary alicyclic amines) is 1. The van der Waals surface area contributed by atoms with Crippen LogP contribution in [0.5, 0.6) is 0 Å². The van der Waals surface area contributed by atoms with Crippen molar-refractivity contribution in [1.82, 2.24) is 10.2 Å². The van der Waals surface area contributed by atoms with Crippen molar-refractivity contribution in [3.63, 3.8) is 0 Å². The molecule has 2 heteroatoms. The van der Waals surface area contributed by atoms with Gasteiger partial charge in [0.2, 0.25) is 0 Å². The van der Waals surface area contributed by atoms with Crippen molar-refractivity contribution in [2.45, 2.75) is 70.0 Å². The topological polar surface area (TPSA) is 15.3 Å². The second kappa shape index (κ2) is 4.79. The van der Waals surface area contributed by atoms with Crippen LogP contribution in [0, 0.1) is 17.8 Å². The van der Waals surface area contributed by atoms with E-state index in [4.69, 9.17) is 0 Å². The van der Waals surface area contributed by atoms with E-state index < -0.39 is 0 Å². The average molecular weight is 248 g/mol. The number of hydrogen-bond donors (Lipinski definition) is 1. The molecule has 2 aliphatic carbocycles. The quantitative estimate of drug-likeness (QED) is 0.767. The molecule has 0 aromatic heterocycles. The second-order valence-corrected chi connectivity index (χ2v) is 7.20. The van der Waals surface area contributed by atoms with Gasteiger partial charge in [-0.25, -0.2) is 0 Å². The van der Waals surface area contributed by atoms with E-state index in [0.717, 1.165) is 30.0 Å². The third kappa shape index (κ3) is 1.84. The minimum absolute atomic E-state index is 0.753. The van der Waals surface area contributed by atoms with Gasteiger partial charge in [0.15, 0.2) is 0 Å². The first kappa shape index (κ1) is 11.7. The zero-order valence-electron chi connectivity index (χ0n) is 11.6. The van der Waals surface area contributed by atoms with Gasteiger partial charge in [0.05, 0.1) is 6.17 Å². The van der Waals surface area contributed by atoms with Crippen LogP contribution in [0.25, 0.3) is 0 Å². The number of nitrogens with zero attached hydrogens (tertiary/aromatic N) is 1. The van der Waals surface area contributed by atoms with E-state index in [1.165, 1.54) is 70.9 Å². The molecule has 4 fully saturated rings. The lowest BCUT2D eigenvalue weighted by atomic mass is 9.79. The van der Waals surface area contributed by atoms with Crippen LogP contribution in [0.3, 0.4) is 0 Å². The summed E-state index contributed by atoms with van der Waals surface area (Å²) in [4.78, 5) is 2.90. The predicted octanol–water partition coefficient (Wildman–Crippen LogP) is 2.99. The first-order chi connectivity index (χ1) is 8.93. The summed E-state index contributed by atoms with van der Waals surface area (Å²) in [5.41, 5.74) is 0. The van der Waals surface area contributed by atoms with Crippen molar-refractivity contribution in [1.29, 1.82) is 0 Å². The molecule has 0 spiro atoms. The second-order valence-electron chi connectivity index (χ2n) is 7.20. The van der Waals surface area contributed by atoms with Gasteiger partial charge in [-0.1, -0.05) is 25.7 Å². The molecule has 0 amide bonds. The number of fused-ring (bicyclic) bond motifs is 2. The van der Waals surface area contributed by atoms with E-state index in [1.807, 2.05) is 0 Å². The summed E-state index contributed by atoms with van der Waals surface area (Å²) in [6.07, 6.45) is 14.2. The first-order valence-corrected chi connectivity index (χ1v) is 8.42. The van der Waals surface area contributed by atoms with Crippen LogP contribution in [-0.2, 0) is 0 Å². The summed E-state index contributed by atoms with van der Waals surface area (Å²) in [6.45, 7) is 2.69. The number of nitrogens with one attached hydrogen (secondary N) is 1. The molecule has 5 unspecified atom stereocenters. The molecule has 0 bridgehead atoms. The van der Waals surface area contributed by atoms with Crippen LogP contribution in [0.15, 0.2) is 0 Å². The Hall–Kier alpha value is -0.0800. The Morgan fingerprint density at radius 1 is 0.778 bits per heavy atom. The summed E-state index contributed by atoms with van der Waals surface area (Å²) in [7, 11) is 0. The zero-order valence-corrected chi connectivity index (χ0v) is 11.6. The third-order valence-electron chi connectivity index (χ3n) is 6.37. The maximum atomic E-state index is 3.90. The number of hydrogen-bond acceptors (Lipinski definition) is 2. The van der Waals surface area contributed by atoms with Crippen LogP contribution in [0.4, 0.5) is 0 Å². The van der Waals surface area contributed by atoms with Crippen LogP contribution in [0.1, 0.15) is 57.8 Å². The maximum absolute atomic E-state index is 3.90. The van der Waals surface area contributed by atoms with Crippen LogP contribution in [-0.4, -0.2) is 30.2 Å². The van der Waals surface area contributed by atoms with E-state index in [9.17, 15) is 0 Å².